The van der Waals surface area contributed by atoms with Crippen molar-refractivity contribution in [2.45, 2.75) is 45.6 Å². The summed E-state index contributed by atoms with van der Waals surface area (Å²) in [7, 11) is 0. The van der Waals surface area contributed by atoms with Crippen LogP contribution in [-0.2, 0) is 6.54 Å². The van der Waals surface area contributed by atoms with Crippen LogP contribution in [0.4, 0.5) is 0 Å². The number of hydrogen-bond donors (Lipinski definition) is 1. The van der Waals surface area contributed by atoms with Crippen molar-refractivity contribution >= 4 is 33.0 Å². The highest BCUT2D eigenvalue weighted by atomic mass is 35.5. The fourth-order valence-electron chi connectivity index (χ4n) is 3.51. The van der Waals surface area contributed by atoms with E-state index in [9.17, 15) is 0 Å². The fourth-order valence-corrected chi connectivity index (χ4v) is 4.98. The van der Waals surface area contributed by atoms with Gasteiger partial charge in [0.15, 0.2) is 0 Å². The lowest BCUT2D eigenvalue weighted by molar-refractivity contribution is 0.267. The molecule has 1 aromatic carbocycles. The zero-order chi connectivity index (χ0) is 14.7. The summed E-state index contributed by atoms with van der Waals surface area (Å²) in [6.45, 7) is 4.42. The van der Waals surface area contributed by atoms with E-state index >= 15 is 0 Å². The molecule has 2 atom stereocenters. The van der Waals surface area contributed by atoms with E-state index in [-0.39, 0.29) is 0 Å². The van der Waals surface area contributed by atoms with E-state index in [2.05, 4.69) is 36.5 Å². The van der Waals surface area contributed by atoms with Crippen molar-refractivity contribution in [3.8, 4) is 0 Å². The Hall–Kier alpha value is -0.570. The van der Waals surface area contributed by atoms with Crippen LogP contribution in [0.15, 0.2) is 24.3 Å². The van der Waals surface area contributed by atoms with Gasteiger partial charge in [0.25, 0.3) is 0 Å². The summed E-state index contributed by atoms with van der Waals surface area (Å²) in [6, 6.07) is 8.40. The van der Waals surface area contributed by atoms with Crippen LogP contribution in [-0.4, -0.2) is 6.54 Å². The Morgan fingerprint density at radius 2 is 2.14 bits per heavy atom. The first-order valence-corrected chi connectivity index (χ1v) is 9.30. The van der Waals surface area contributed by atoms with Crippen molar-refractivity contribution in [1.29, 1.82) is 0 Å². The van der Waals surface area contributed by atoms with Crippen molar-refractivity contribution in [2.75, 3.05) is 6.54 Å². The van der Waals surface area contributed by atoms with Gasteiger partial charge in [-0.2, -0.15) is 0 Å². The molecule has 2 aromatic rings. The van der Waals surface area contributed by atoms with Crippen molar-refractivity contribution in [2.24, 2.45) is 11.8 Å². The number of thiophene rings is 1. The Balaban J connectivity index is 1.49. The maximum absolute atomic E-state index is 6.47. The molecular weight excluding hydrogens is 298 g/mol. The lowest BCUT2D eigenvalue weighted by atomic mass is 9.81. The molecule has 1 saturated carbocycles. The Morgan fingerprint density at radius 3 is 2.95 bits per heavy atom. The quantitative estimate of drug-likeness (QED) is 0.680. The molecule has 114 valence electrons. The molecule has 1 N–H and O–H groups in total. The smallest absolute Gasteiger partial charge is 0.0636 e. The van der Waals surface area contributed by atoms with E-state index in [0.29, 0.717) is 0 Å². The first kappa shape index (κ1) is 15.3. The molecule has 0 spiro atoms. The highest BCUT2D eigenvalue weighted by Gasteiger charge is 2.18. The molecule has 0 saturated heterocycles. The number of rotatable bonds is 5. The first-order chi connectivity index (χ1) is 10.2. The number of benzene rings is 1. The lowest BCUT2D eigenvalue weighted by Gasteiger charge is -2.26. The summed E-state index contributed by atoms with van der Waals surface area (Å²) in [5.74, 6) is 1.86. The largest absolute Gasteiger partial charge is 0.312 e. The van der Waals surface area contributed by atoms with Gasteiger partial charge < -0.3 is 5.32 Å². The molecule has 0 radical (unpaired) electrons. The summed E-state index contributed by atoms with van der Waals surface area (Å²) >= 11 is 8.29. The SMILES string of the molecule is CC1CCCC(CCNCc2sc3ccccc3c2Cl)C1. The van der Waals surface area contributed by atoms with Crippen molar-refractivity contribution < 1.29 is 0 Å². The van der Waals surface area contributed by atoms with Crippen LogP contribution in [0, 0.1) is 11.8 Å². The van der Waals surface area contributed by atoms with Gasteiger partial charge in [-0.25, -0.2) is 0 Å². The summed E-state index contributed by atoms with van der Waals surface area (Å²) in [5.41, 5.74) is 0. The molecule has 1 aliphatic carbocycles. The van der Waals surface area contributed by atoms with Gasteiger partial charge in [0.1, 0.15) is 0 Å². The van der Waals surface area contributed by atoms with E-state index in [1.807, 2.05) is 11.3 Å². The van der Waals surface area contributed by atoms with Gasteiger partial charge >= 0.3 is 0 Å². The molecule has 1 nitrogen and oxygen atoms in total. The van der Waals surface area contributed by atoms with Crippen molar-refractivity contribution in [3.63, 3.8) is 0 Å². The number of halogens is 1. The Morgan fingerprint density at radius 1 is 1.29 bits per heavy atom. The summed E-state index contributed by atoms with van der Waals surface area (Å²) in [5, 5.41) is 5.73. The molecule has 3 heteroatoms. The Bertz CT molecular complexity index is 592. The Labute approximate surface area is 136 Å². The summed E-state index contributed by atoms with van der Waals surface area (Å²) < 4.78 is 1.29. The Kier molecular flexibility index (Phi) is 5.20. The van der Waals surface area contributed by atoms with Gasteiger partial charge in [-0.1, -0.05) is 56.0 Å². The van der Waals surface area contributed by atoms with E-state index < -0.39 is 0 Å². The van der Waals surface area contributed by atoms with E-state index in [0.717, 1.165) is 29.9 Å². The number of nitrogens with one attached hydrogen (secondary N) is 1. The maximum Gasteiger partial charge on any atom is 0.0636 e. The predicted molar refractivity (Wildman–Crippen MR) is 94.3 cm³/mol. The summed E-state index contributed by atoms with van der Waals surface area (Å²) in [6.07, 6.45) is 7.02. The van der Waals surface area contributed by atoms with Crippen LogP contribution in [0.1, 0.15) is 43.9 Å². The molecular formula is C18H24ClNS. The van der Waals surface area contributed by atoms with Gasteiger partial charge in [-0.05, 0) is 37.3 Å². The van der Waals surface area contributed by atoms with Crippen molar-refractivity contribution in [3.05, 3.63) is 34.2 Å². The van der Waals surface area contributed by atoms with Gasteiger partial charge in [0.2, 0.25) is 0 Å². The zero-order valence-electron chi connectivity index (χ0n) is 12.7. The molecule has 1 aromatic heterocycles. The summed E-state index contributed by atoms with van der Waals surface area (Å²) in [4.78, 5) is 1.27. The molecule has 0 aliphatic heterocycles. The van der Waals surface area contributed by atoms with Gasteiger partial charge in [0.05, 0.1) is 5.02 Å². The molecule has 2 unspecified atom stereocenters. The zero-order valence-corrected chi connectivity index (χ0v) is 14.3. The third-order valence-corrected chi connectivity index (χ3v) is 6.38. The van der Waals surface area contributed by atoms with Gasteiger partial charge in [0, 0.05) is 21.5 Å². The topological polar surface area (TPSA) is 12.0 Å². The molecule has 21 heavy (non-hydrogen) atoms. The lowest BCUT2D eigenvalue weighted by Crippen LogP contribution is -2.20. The first-order valence-electron chi connectivity index (χ1n) is 8.10. The maximum atomic E-state index is 6.47. The minimum Gasteiger partial charge on any atom is -0.312 e. The monoisotopic (exact) mass is 321 g/mol. The minimum atomic E-state index is 0.903. The van der Waals surface area contributed by atoms with Crippen molar-refractivity contribution in [1.82, 2.24) is 5.32 Å². The normalized spacial score (nSPS) is 22.8. The van der Waals surface area contributed by atoms with E-state index in [1.165, 1.54) is 47.1 Å². The van der Waals surface area contributed by atoms with Crippen LogP contribution in [0.25, 0.3) is 10.1 Å². The highest BCUT2D eigenvalue weighted by molar-refractivity contribution is 7.19. The standard InChI is InChI=1S/C18H24ClNS/c1-13-5-4-6-14(11-13)9-10-20-12-17-18(19)15-7-2-3-8-16(15)21-17/h2-3,7-8,13-14,20H,4-6,9-12H2,1H3. The molecule has 1 aliphatic rings. The molecule has 0 bridgehead atoms. The van der Waals surface area contributed by atoms with Crippen LogP contribution in [0.5, 0.6) is 0 Å². The van der Waals surface area contributed by atoms with Crippen LogP contribution < -0.4 is 5.32 Å². The second-order valence-corrected chi connectivity index (χ2v) is 7.95. The van der Waals surface area contributed by atoms with Crippen LogP contribution >= 0.6 is 22.9 Å². The van der Waals surface area contributed by atoms with Gasteiger partial charge in [-0.3, -0.25) is 0 Å². The van der Waals surface area contributed by atoms with Crippen LogP contribution in [0.3, 0.4) is 0 Å². The number of fused-ring (bicyclic) bond motifs is 1. The highest BCUT2D eigenvalue weighted by Crippen LogP contribution is 2.35. The average molecular weight is 322 g/mol. The van der Waals surface area contributed by atoms with E-state index in [1.54, 1.807) is 0 Å². The number of hydrogen-bond acceptors (Lipinski definition) is 2. The third kappa shape index (κ3) is 3.80. The molecule has 1 fully saturated rings. The molecule has 3 rings (SSSR count). The average Bonchev–Trinajstić information content (AvgIpc) is 2.81. The predicted octanol–water partition coefficient (Wildman–Crippen LogP) is 5.86. The fraction of sp³-hybridized carbons (Fsp3) is 0.556. The van der Waals surface area contributed by atoms with Crippen LogP contribution in [0.2, 0.25) is 5.02 Å². The minimum absolute atomic E-state index is 0.903. The molecule has 1 heterocycles. The second-order valence-electron chi connectivity index (χ2n) is 6.44. The van der Waals surface area contributed by atoms with Gasteiger partial charge in [-0.15, -0.1) is 11.3 Å². The molecule has 0 amide bonds. The second kappa shape index (κ2) is 7.13. The van der Waals surface area contributed by atoms with E-state index in [4.69, 9.17) is 11.6 Å². The third-order valence-electron chi connectivity index (χ3n) is 4.66.